The standard InChI is InChI=1S/C10H14ClN3O/c1-12-8-2-3-14(6-8)10(15)9-4-7(11)5-13-9/h4-5,8,12-13H,2-3,6H2,1H3. The fourth-order valence-corrected chi connectivity index (χ4v) is 2.01. The van der Waals surface area contributed by atoms with Crippen LogP contribution in [0.15, 0.2) is 12.3 Å². The Bertz CT molecular complexity index is 363. The van der Waals surface area contributed by atoms with E-state index >= 15 is 0 Å². The van der Waals surface area contributed by atoms with Gasteiger partial charge < -0.3 is 15.2 Å². The number of likely N-dealkylation sites (N-methyl/N-ethyl adjacent to an activating group) is 1. The van der Waals surface area contributed by atoms with Crippen LogP contribution < -0.4 is 5.32 Å². The number of carbonyl (C=O) groups excluding carboxylic acids is 1. The zero-order chi connectivity index (χ0) is 10.8. The maximum Gasteiger partial charge on any atom is 0.270 e. The molecule has 0 aliphatic carbocycles. The van der Waals surface area contributed by atoms with E-state index in [0.717, 1.165) is 19.5 Å². The Morgan fingerprint density at radius 2 is 2.53 bits per heavy atom. The fraction of sp³-hybridized carbons (Fsp3) is 0.500. The van der Waals surface area contributed by atoms with Gasteiger partial charge in [-0.15, -0.1) is 0 Å². The minimum atomic E-state index is 0.0275. The zero-order valence-electron chi connectivity index (χ0n) is 8.59. The maximum absolute atomic E-state index is 11.9. The van der Waals surface area contributed by atoms with E-state index in [4.69, 9.17) is 11.6 Å². The van der Waals surface area contributed by atoms with Crippen LogP contribution in [0.25, 0.3) is 0 Å². The van der Waals surface area contributed by atoms with E-state index in [0.29, 0.717) is 16.8 Å². The highest BCUT2D eigenvalue weighted by molar-refractivity contribution is 6.30. The third-order valence-corrected chi connectivity index (χ3v) is 2.98. The number of halogens is 1. The number of aromatic nitrogens is 1. The molecule has 0 radical (unpaired) electrons. The summed E-state index contributed by atoms with van der Waals surface area (Å²) in [5.74, 6) is 0.0275. The molecule has 1 amide bonds. The summed E-state index contributed by atoms with van der Waals surface area (Å²) >= 11 is 5.75. The van der Waals surface area contributed by atoms with Gasteiger partial charge in [0.25, 0.3) is 5.91 Å². The molecule has 0 spiro atoms. The van der Waals surface area contributed by atoms with Gasteiger partial charge in [-0.05, 0) is 19.5 Å². The lowest BCUT2D eigenvalue weighted by Gasteiger charge is -2.15. The molecule has 1 aromatic heterocycles. The van der Waals surface area contributed by atoms with Gasteiger partial charge in [-0.3, -0.25) is 4.79 Å². The highest BCUT2D eigenvalue weighted by Crippen LogP contribution is 2.15. The van der Waals surface area contributed by atoms with Crippen molar-refractivity contribution < 1.29 is 4.79 Å². The lowest BCUT2D eigenvalue weighted by atomic mass is 10.3. The Morgan fingerprint density at radius 3 is 3.07 bits per heavy atom. The molecule has 4 nitrogen and oxygen atoms in total. The third-order valence-electron chi connectivity index (χ3n) is 2.76. The number of rotatable bonds is 2. The smallest absolute Gasteiger partial charge is 0.270 e. The van der Waals surface area contributed by atoms with Crippen LogP contribution in [0, 0.1) is 0 Å². The van der Waals surface area contributed by atoms with Crippen molar-refractivity contribution in [1.29, 1.82) is 0 Å². The number of hydrogen-bond donors (Lipinski definition) is 2. The average Bonchev–Trinajstić information content (AvgIpc) is 2.84. The summed E-state index contributed by atoms with van der Waals surface area (Å²) in [7, 11) is 1.92. The molecule has 1 saturated heterocycles. The van der Waals surface area contributed by atoms with E-state index in [2.05, 4.69) is 10.3 Å². The van der Waals surface area contributed by atoms with Crippen molar-refractivity contribution in [3.63, 3.8) is 0 Å². The van der Waals surface area contributed by atoms with Crippen LogP contribution in [-0.4, -0.2) is 42.0 Å². The van der Waals surface area contributed by atoms with Crippen LogP contribution in [0.2, 0.25) is 5.02 Å². The van der Waals surface area contributed by atoms with Gasteiger partial charge in [0.15, 0.2) is 0 Å². The lowest BCUT2D eigenvalue weighted by Crippen LogP contribution is -2.33. The first-order valence-corrected chi connectivity index (χ1v) is 5.39. The molecule has 2 N–H and O–H groups in total. The van der Waals surface area contributed by atoms with Gasteiger partial charge in [-0.25, -0.2) is 0 Å². The van der Waals surface area contributed by atoms with Crippen molar-refractivity contribution in [3.8, 4) is 0 Å². The second kappa shape index (κ2) is 4.24. The second-order valence-electron chi connectivity index (χ2n) is 3.76. The molecule has 1 atom stereocenters. The Balaban J connectivity index is 2.03. The molecule has 2 heterocycles. The maximum atomic E-state index is 11.9. The highest BCUT2D eigenvalue weighted by atomic mass is 35.5. The predicted octanol–water partition coefficient (Wildman–Crippen LogP) is 1.10. The van der Waals surface area contributed by atoms with Gasteiger partial charge >= 0.3 is 0 Å². The molecule has 0 saturated carbocycles. The molecule has 82 valence electrons. The first-order chi connectivity index (χ1) is 7.20. The van der Waals surface area contributed by atoms with E-state index < -0.39 is 0 Å². The van der Waals surface area contributed by atoms with Crippen molar-refractivity contribution in [2.75, 3.05) is 20.1 Å². The number of nitrogens with one attached hydrogen (secondary N) is 2. The number of H-pyrrole nitrogens is 1. The van der Waals surface area contributed by atoms with Crippen molar-refractivity contribution in [2.24, 2.45) is 0 Å². The van der Waals surface area contributed by atoms with Gasteiger partial charge in [0, 0.05) is 25.3 Å². The van der Waals surface area contributed by atoms with Crippen molar-refractivity contribution in [2.45, 2.75) is 12.5 Å². The van der Waals surface area contributed by atoms with E-state index in [1.54, 1.807) is 12.3 Å². The number of carbonyl (C=O) groups is 1. The van der Waals surface area contributed by atoms with Crippen LogP contribution in [0.5, 0.6) is 0 Å². The summed E-state index contributed by atoms with van der Waals surface area (Å²) in [6, 6.07) is 2.08. The van der Waals surface area contributed by atoms with Crippen molar-refractivity contribution in [3.05, 3.63) is 23.0 Å². The molecule has 1 aromatic rings. The number of nitrogens with zero attached hydrogens (tertiary/aromatic N) is 1. The minimum Gasteiger partial charge on any atom is -0.356 e. The number of hydrogen-bond acceptors (Lipinski definition) is 2. The Kier molecular flexibility index (Phi) is 2.98. The van der Waals surface area contributed by atoms with Gasteiger partial charge in [0.2, 0.25) is 0 Å². The second-order valence-corrected chi connectivity index (χ2v) is 4.19. The summed E-state index contributed by atoms with van der Waals surface area (Å²) in [5.41, 5.74) is 0.566. The number of amides is 1. The molecular weight excluding hydrogens is 214 g/mol. The third kappa shape index (κ3) is 2.16. The molecule has 1 aliphatic heterocycles. The minimum absolute atomic E-state index is 0.0275. The summed E-state index contributed by atoms with van der Waals surface area (Å²) in [6.07, 6.45) is 2.64. The first-order valence-electron chi connectivity index (χ1n) is 5.01. The van der Waals surface area contributed by atoms with Crippen LogP contribution in [0.3, 0.4) is 0 Å². The van der Waals surface area contributed by atoms with Gasteiger partial charge in [0.1, 0.15) is 5.69 Å². The quantitative estimate of drug-likeness (QED) is 0.795. The van der Waals surface area contributed by atoms with Crippen molar-refractivity contribution in [1.82, 2.24) is 15.2 Å². The summed E-state index contributed by atoms with van der Waals surface area (Å²) < 4.78 is 0. The van der Waals surface area contributed by atoms with Crippen LogP contribution >= 0.6 is 11.6 Å². The Labute approximate surface area is 93.6 Å². The first kappa shape index (κ1) is 10.5. The van der Waals surface area contributed by atoms with E-state index in [-0.39, 0.29) is 5.91 Å². The molecule has 1 unspecified atom stereocenters. The highest BCUT2D eigenvalue weighted by Gasteiger charge is 2.26. The molecule has 1 fully saturated rings. The summed E-state index contributed by atoms with van der Waals surface area (Å²) in [5, 5.41) is 3.75. The fourth-order valence-electron chi connectivity index (χ4n) is 1.84. The number of aromatic amines is 1. The molecule has 15 heavy (non-hydrogen) atoms. The van der Waals surface area contributed by atoms with Gasteiger partial charge in [-0.1, -0.05) is 11.6 Å². The average molecular weight is 228 g/mol. The van der Waals surface area contributed by atoms with E-state index in [1.165, 1.54) is 0 Å². The molecule has 5 heteroatoms. The van der Waals surface area contributed by atoms with E-state index in [1.807, 2.05) is 11.9 Å². The Morgan fingerprint density at radius 1 is 1.73 bits per heavy atom. The van der Waals surface area contributed by atoms with Crippen LogP contribution in [-0.2, 0) is 0 Å². The van der Waals surface area contributed by atoms with Crippen molar-refractivity contribution >= 4 is 17.5 Å². The predicted molar refractivity (Wildman–Crippen MR) is 59.2 cm³/mol. The summed E-state index contributed by atoms with van der Waals surface area (Å²) in [6.45, 7) is 1.58. The number of likely N-dealkylation sites (tertiary alicyclic amines) is 1. The largest absolute Gasteiger partial charge is 0.356 e. The van der Waals surface area contributed by atoms with Gasteiger partial charge in [0.05, 0.1) is 5.02 Å². The SMILES string of the molecule is CNC1CCN(C(=O)c2cc(Cl)c[nH]2)C1. The van der Waals surface area contributed by atoms with Crippen LogP contribution in [0.1, 0.15) is 16.9 Å². The monoisotopic (exact) mass is 227 g/mol. The van der Waals surface area contributed by atoms with E-state index in [9.17, 15) is 4.79 Å². The lowest BCUT2D eigenvalue weighted by molar-refractivity contribution is 0.0784. The zero-order valence-corrected chi connectivity index (χ0v) is 9.34. The van der Waals surface area contributed by atoms with Crippen LogP contribution in [0.4, 0.5) is 0 Å². The molecule has 0 bridgehead atoms. The molecule has 2 rings (SSSR count). The molecule has 1 aliphatic rings. The molecule has 0 aromatic carbocycles. The normalized spacial score (nSPS) is 20.9. The topological polar surface area (TPSA) is 48.1 Å². The Hall–Kier alpha value is -1.00. The summed E-state index contributed by atoms with van der Waals surface area (Å²) in [4.78, 5) is 16.6. The molecular formula is C10H14ClN3O. The van der Waals surface area contributed by atoms with Gasteiger partial charge in [-0.2, -0.15) is 0 Å².